The second-order valence-electron chi connectivity index (χ2n) is 4.02. The van der Waals surface area contributed by atoms with Crippen molar-refractivity contribution < 1.29 is 4.39 Å². The van der Waals surface area contributed by atoms with E-state index in [2.05, 4.69) is 20.9 Å². The number of aromatic nitrogens is 1. The first-order valence-electron chi connectivity index (χ1n) is 5.77. The second kappa shape index (κ2) is 5.48. The third-order valence-electron chi connectivity index (χ3n) is 2.75. The second-order valence-corrected chi connectivity index (χ2v) is 4.87. The minimum atomic E-state index is -0.236. The molecule has 0 aliphatic carbocycles. The van der Waals surface area contributed by atoms with Gasteiger partial charge in [0.1, 0.15) is 11.6 Å². The van der Waals surface area contributed by atoms with Crippen LogP contribution < -0.4 is 4.90 Å². The van der Waals surface area contributed by atoms with Gasteiger partial charge in [0.15, 0.2) is 0 Å². The van der Waals surface area contributed by atoms with Gasteiger partial charge in [0.05, 0.1) is 0 Å². The van der Waals surface area contributed by atoms with Gasteiger partial charge in [-0.05, 0) is 59.6 Å². The molecule has 0 radical (unpaired) electrons. The maximum atomic E-state index is 13.3. The fourth-order valence-corrected chi connectivity index (χ4v) is 2.01. The van der Waals surface area contributed by atoms with E-state index < -0.39 is 0 Å². The summed E-state index contributed by atoms with van der Waals surface area (Å²) in [6, 6.07) is 8.53. The van der Waals surface area contributed by atoms with Crippen molar-refractivity contribution in [1.29, 1.82) is 0 Å². The lowest BCUT2D eigenvalue weighted by Gasteiger charge is -2.22. The summed E-state index contributed by atoms with van der Waals surface area (Å²) in [6.45, 7) is 4.76. The first kappa shape index (κ1) is 13.0. The van der Waals surface area contributed by atoms with Gasteiger partial charge in [0, 0.05) is 22.9 Å². The Morgan fingerprint density at radius 1 is 1.33 bits per heavy atom. The zero-order chi connectivity index (χ0) is 13.1. The van der Waals surface area contributed by atoms with E-state index in [1.807, 2.05) is 30.9 Å². The molecule has 0 fully saturated rings. The van der Waals surface area contributed by atoms with Crippen LogP contribution in [-0.4, -0.2) is 11.5 Å². The SMILES string of the molecule is CCN(c1cccc(F)c1)c1cc(C)c(Br)cn1. The topological polar surface area (TPSA) is 16.1 Å². The van der Waals surface area contributed by atoms with Crippen LogP contribution in [0.1, 0.15) is 12.5 Å². The Morgan fingerprint density at radius 2 is 2.11 bits per heavy atom. The van der Waals surface area contributed by atoms with Crippen LogP contribution in [-0.2, 0) is 0 Å². The van der Waals surface area contributed by atoms with Crippen LogP contribution in [0.15, 0.2) is 41.0 Å². The average Bonchev–Trinajstić information content (AvgIpc) is 2.35. The number of hydrogen-bond acceptors (Lipinski definition) is 2. The number of anilines is 2. The van der Waals surface area contributed by atoms with Gasteiger partial charge in [0.25, 0.3) is 0 Å². The Labute approximate surface area is 115 Å². The highest BCUT2D eigenvalue weighted by molar-refractivity contribution is 9.10. The summed E-state index contributed by atoms with van der Waals surface area (Å²) in [7, 11) is 0. The lowest BCUT2D eigenvalue weighted by molar-refractivity contribution is 0.627. The van der Waals surface area contributed by atoms with Crippen LogP contribution in [0.5, 0.6) is 0 Å². The van der Waals surface area contributed by atoms with E-state index in [1.54, 1.807) is 12.3 Å². The molecule has 0 atom stereocenters. The summed E-state index contributed by atoms with van der Waals surface area (Å²) in [6.07, 6.45) is 1.77. The van der Waals surface area contributed by atoms with Gasteiger partial charge >= 0.3 is 0 Å². The van der Waals surface area contributed by atoms with Crippen LogP contribution in [0.4, 0.5) is 15.9 Å². The van der Waals surface area contributed by atoms with Crippen molar-refractivity contribution in [2.45, 2.75) is 13.8 Å². The molecule has 94 valence electrons. The lowest BCUT2D eigenvalue weighted by Crippen LogP contribution is -2.17. The van der Waals surface area contributed by atoms with Crippen molar-refractivity contribution in [1.82, 2.24) is 4.98 Å². The molecule has 0 unspecified atom stereocenters. The molecular formula is C14H14BrFN2. The summed E-state index contributed by atoms with van der Waals surface area (Å²) in [5.41, 5.74) is 1.92. The summed E-state index contributed by atoms with van der Waals surface area (Å²) < 4.78 is 14.2. The molecule has 1 heterocycles. The van der Waals surface area contributed by atoms with Crippen molar-refractivity contribution in [2.24, 2.45) is 0 Å². The molecule has 0 saturated heterocycles. The van der Waals surface area contributed by atoms with E-state index in [0.717, 1.165) is 28.1 Å². The predicted molar refractivity (Wildman–Crippen MR) is 75.8 cm³/mol. The number of hydrogen-bond donors (Lipinski definition) is 0. The molecule has 0 amide bonds. The monoisotopic (exact) mass is 308 g/mol. The third-order valence-corrected chi connectivity index (χ3v) is 3.58. The summed E-state index contributed by atoms with van der Waals surface area (Å²) >= 11 is 3.43. The maximum absolute atomic E-state index is 13.3. The van der Waals surface area contributed by atoms with Gasteiger partial charge in [-0.25, -0.2) is 9.37 Å². The molecule has 2 rings (SSSR count). The Morgan fingerprint density at radius 3 is 2.72 bits per heavy atom. The first-order valence-corrected chi connectivity index (χ1v) is 6.56. The first-order chi connectivity index (χ1) is 8.61. The van der Waals surface area contributed by atoms with E-state index in [0.29, 0.717) is 0 Å². The Kier molecular flexibility index (Phi) is 3.97. The molecule has 1 aromatic carbocycles. The Hall–Kier alpha value is -1.42. The number of pyridine rings is 1. The standard InChI is InChI=1S/C14H14BrFN2/c1-3-18(12-6-4-5-11(16)8-12)14-7-10(2)13(15)9-17-14/h4-9H,3H2,1-2H3. The zero-order valence-electron chi connectivity index (χ0n) is 10.3. The maximum Gasteiger partial charge on any atom is 0.133 e. The van der Waals surface area contributed by atoms with Gasteiger partial charge in [0.2, 0.25) is 0 Å². The highest BCUT2D eigenvalue weighted by Gasteiger charge is 2.10. The van der Waals surface area contributed by atoms with E-state index in [9.17, 15) is 4.39 Å². The van der Waals surface area contributed by atoms with E-state index >= 15 is 0 Å². The van der Waals surface area contributed by atoms with Crippen molar-refractivity contribution in [3.8, 4) is 0 Å². The molecule has 0 aliphatic heterocycles. The molecule has 0 N–H and O–H groups in total. The van der Waals surface area contributed by atoms with Crippen LogP contribution in [0.3, 0.4) is 0 Å². The molecule has 0 aliphatic rings. The number of benzene rings is 1. The largest absolute Gasteiger partial charge is 0.327 e. The summed E-state index contributed by atoms with van der Waals surface area (Å²) in [5, 5.41) is 0. The Balaban J connectivity index is 2.42. The molecule has 0 bridgehead atoms. The molecule has 0 saturated carbocycles. The van der Waals surface area contributed by atoms with Crippen LogP contribution >= 0.6 is 15.9 Å². The van der Waals surface area contributed by atoms with Crippen LogP contribution in [0, 0.1) is 12.7 Å². The predicted octanol–water partition coefficient (Wildman–Crippen LogP) is 4.45. The van der Waals surface area contributed by atoms with Crippen molar-refractivity contribution in [3.63, 3.8) is 0 Å². The fourth-order valence-electron chi connectivity index (χ4n) is 1.79. The number of nitrogens with zero attached hydrogens (tertiary/aromatic N) is 2. The number of halogens is 2. The smallest absolute Gasteiger partial charge is 0.133 e. The van der Waals surface area contributed by atoms with E-state index in [4.69, 9.17) is 0 Å². The summed E-state index contributed by atoms with van der Waals surface area (Å²) in [5.74, 6) is 0.587. The van der Waals surface area contributed by atoms with Gasteiger partial charge in [-0.15, -0.1) is 0 Å². The normalized spacial score (nSPS) is 10.4. The van der Waals surface area contributed by atoms with Crippen LogP contribution in [0.25, 0.3) is 0 Å². The molecule has 1 aromatic heterocycles. The van der Waals surface area contributed by atoms with Crippen LogP contribution in [0.2, 0.25) is 0 Å². The number of aryl methyl sites for hydroxylation is 1. The quantitative estimate of drug-likeness (QED) is 0.833. The van der Waals surface area contributed by atoms with Crippen molar-refractivity contribution in [3.05, 3.63) is 52.4 Å². The van der Waals surface area contributed by atoms with Crippen molar-refractivity contribution >= 4 is 27.4 Å². The molecule has 2 aromatic rings. The lowest BCUT2D eigenvalue weighted by atomic mass is 10.2. The fraction of sp³-hybridized carbons (Fsp3) is 0.214. The van der Waals surface area contributed by atoms with E-state index in [1.165, 1.54) is 12.1 Å². The highest BCUT2D eigenvalue weighted by Crippen LogP contribution is 2.26. The molecular weight excluding hydrogens is 295 g/mol. The van der Waals surface area contributed by atoms with Crippen molar-refractivity contribution in [2.75, 3.05) is 11.4 Å². The third kappa shape index (κ3) is 2.70. The average molecular weight is 309 g/mol. The molecule has 2 nitrogen and oxygen atoms in total. The zero-order valence-corrected chi connectivity index (χ0v) is 11.9. The molecule has 18 heavy (non-hydrogen) atoms. The Bertz CT molecular complexity index is 557. The number of rotatable bonds is 3. The summed E-state index contributed by atoms with van der Waals surface area (Å²) in [4.78, 5) is 6.35. The highest BCUT2D eigenvalue weighted by atomic mass is 79.9. The van der Waals surface area contributed by atoms with Gasteiger partial charge in [-0.3, -0.25) is 0 Å². The van der Waals surface area contributed by atoms with Gasteiger partial charge < -0.3 is 4.90 Å². The molecule has 0 spiro atoms. The minimum absolute atomic E-state index is 0.236. The van der Waals surface area contributed by atoms with Gasteiger partial charge in [-0.1, -0.05) is 6.07 Å². The minimum Gasteiger partial charge on any atom is -0.327 e. The van der Waals surface area contributed by atoms with Gasteiger partial charge in [-0.2, -0.15) is 0 Å². The van der Waals surface area contributed by atoms with E-state index in [-0.39, 0.29) is 5.82 Å². The molecule has 4 heteroatoms.